The maximum atomic E-state index is 12.8. The Kier molecular flexibility index (Phi) is 5.96. The normalized spacial score (nSPS) is 46.0. The van der Waals surface area contributed by atoms with Gasteiger partial charge in [-0.15, -0.1) is 0 Å². The number of rotatable bonds is 3. The summed E-state index contributed by atoms with van der Waals surface area (Å²) in [5.41, 5.74) is -0.00974. The molecule has 0 spiro atoms. The van der Waals surface area contributed by atoms with Crippen LogP contribution in [0.2, 0.25) is 0 Å². The Hall–Kier alpha value is -1.30. The van der Waals surface area contributed by atoms with E-state index in [1.165, 1.54) is 38.5 Å². The van der Waals surface area contributed by atoms with Gasteiger partial charge in [0, 0.05) is 18.5 Å². The van der Waals surface area contributed by atoms with Crippen molar-refractivity contribution in [2.75, 3.05) is 19.7 Å². The van der Waals surface area contributed by atoms with Gasteiger partial charge in [0.15, 0.2) is 0 Å². The van der Waals surface area contributed by atoms with Crippen LogP contribution in [0, 0.1) is 40.4 Å². The minimum atomic E-state index is -0.715. The number of aliphatic hydroxyl groups excluding tert-OH is 1. The number of nitrogens with zero attached hydrogens (tertiary/aromatic N) is 1. The fraction of sp³-hybridized carbons (Fsp3) is 0.923. The van der Waals surface area contributed by atoms with E-state index in [0.29, 0.717) is 42.7 Å². The number of hydrogen-bond acceptors (Lipinski definition) is 4. The molecule has 32 heavy (non-hydrogen) atoms. The first-order valence-electron chi connectivity index (χ1n) is 13.2. The lowest BCUT2D eigenvalue weighted by Crippen LogP contribution is -2.55. The fourth-order valence-corrected chi connectivity index (χ4v) is 9.16. The largest absolute Gasteiger partial charge is 0.481 e. The van der Waals surface area contributed by atoms with Gasteiger partial charge < -0.3 is 19.8 Å². The highest BCUT2D eigenvalue weighted by Crippen LogP contribution is 2.67. The van der Waals surface area contributed by atoms with Gasteiger partial charge in [-0.1, -0.05) is 19.8 Å². The predicted molar refractivity (Wildman–Crippen MR) is 120 cm³/mol. The van der Waals surface area contributed by atoms with Crippen molar-refractivity contribution in [2.45, 2.75) is 90.1 Å². The molecule has 5 rings (SSSR count). The van der Waals surface area contributed by atoms with E-state index >= 15 is 0 Å². The molecule has 1 amide bonds. The van der Waals surface area contributed by atoms with Crippen molar-refractivity contribution in [1.29, 1.82) is 0 Å². The molecule has 0 aromatic carbocycles. The van der Waals surface area contributed by atoms with E-state index < -0.39 is 23.4 Å². The first kappa shape index (κ1) is 22.5. The number of likely N-dealkylation sites (tertiary alicyclic amines) is 1. The lowest BCUT2D eigenvalue weighted by Gasteiger charge is -2.60. The van der Waals surface area contributed by atoms with E-state index in [0.717, 1.165) is 38.0 Å². The Balaban J connectivity index is 1.36. The van der Waals surface area contributed by atoms with Crippen LogP contribution in [0.5, 0.6) is 0 Å². The Bertz CT molecular complexity index is 742. The number of ether oxygens (including phenoxy) is 1. The first-order chi connectivity index (χ1) is 15.3. The SMILES string of the molecule is C[C@]12CCCCC1CC[C@H]1[C@@H]3CCC(C(=O)O)[C@@]3(COC(=O)N3CCCC(O)C3)CC[C@@H]12. The van der Waals surface area contributed by atoms with Gasteiger partial charge in [0.05, 0.1) is 18.6 Å². The van der Waals surface area contributed by atoms with Gasteiger partial charge >= 0.3 is 12.1 Å². The van der Waals surface area contributed by atoms with E-state index in [-0.39, 0.29) is 12.7 Å². The zero-order chi connectivity index (χ0) is 22.5. The van der Waals surface area contributed by atoms with E-state index in [4.69, 9.17) is 4.74 Å². The maximum Gasteiger partial charge on any atom is 0.409 e. The van der Waals surface area contributed by atoms with Gasteiger partial charge in [-0.05, 0) is 93.3 Å². The lowest BCUT2D eigenvalue weighted by atomic mass is 9.44. The minimum absolute atomic E-state index is 0.226. The molecule has 4 saturated carbocycles. The molecule has 2 N–H and O–H groups in total. The van der Waals surface area contributed by atoms with Crippen molar-refractivity contribution in [3.8, 4) is 0 Å². The first-order valence-corrected chi connectivity index (χ1v) is 13.2. The zero-order valence-corrected chi connectivity index (χ0v) is 19.6. The molecule has 4 aliphatic carbocycles. The summed E-state index contributed by atoms with van der Waals surface area (Å²) in [5, 5.41) is 20.0. The molecule has 180 valence electrons. The molecule has 0 aromatic heterocycles. The Morgan fingerprint density at radius 2 is 1.81 bits per heavy atom. The molecule has 0 radical (unpaired) electrons. The number of carboxylic acid groups (broad SMARTS) is 1. The number of carbonyl (C=O) groups is 2. The van der Waals surface area contributed by atoms with Crippen molar-refractivity contribution in [3.05, 3.63) is 0 Å². The Morgan fingerprint density at radius 3 is 2.59 bits per heavy atom. The van der Waals surface area contributed by atoms with Crippen LogP contribution in [0.3, 0.4) is 0 Å². The number of hydrogen-bond donors (Lipinski definition) is 2. The topological polar surface area (TPSA) is 87.1 Å². The van der Waals surface area contributed by atoms with Crippen LogP contribution in [0.15, 0.2) is 0 Å². The summed E-state index contributed by atoms with van der Waals surface area (Å²) in [6.45, 7) is 3.69. The molecule has 3 unspecified atom stereocenters. The second kappa shape index (κ2) is 8.48. The van der Waals surface area contributed by atoms with Crippen LogP contribution in [0.4, 0.5) is 4.79 Å². The molecule has 6 nitrogen and oxygen atoms in total. The standard InChI is InChI=1S/C26H41NO5/c1-25-12-3-2-5-17(25)7-8-19-20(25)11-13-26(21(19)9-10-22(26)23(29)30)16-32-24(31)27-14-4-6-18(28)15-27/h17-22,28H,2-16H2,1H3,(H,29,30)/t17?,18?,19-,20+,21+,22?,25+,26-/m1/s1. The third kappa shape index (κ3) is 3.56. The predicted octanol–water partition coefficient (Wildman–Crippen LogP) is 4.69. The van der Waals surface area contributed by atoms with Gasteiger partial charge in [-0.2, -0.15) is 0 Å². The zero-order valence-electron chi connectivity index (χ0n) is 19.6. The second-order valence-electron chi connectivity index (χ2n) is 11.9. The maximum absolute atomic E-state index is 12.8. The highest BCUT2D eigenvalue weighted by atomic mass is 16.6. The quantitative estimate of drug-likeness (QED) is 0.655. The van der Waals surface area contributed by atoms with Crippen LogP contribution in [-0.4, -0.2) is 53.0 Å². The van der Waals surface area contributed by atoms with E-state index in [1.54, 1.807) is 4.90 Å². The second-order valence-corrected chi connectivity index (χ2v) is 11.9. The summed E-state index contributed by atoms with van der Waals surface area (Å²) < 4.78 is 5.88. The molecular formula is C26H41NO5. The highest BCUT2D eigenvalue weighted by molar-refractivity contribution is 5.72. The number of β-amino-alcohol motifs (C(OH)–C–C–N with tert-alkyl or cyclic N) is 1. The molecule has 0 bridgehead atoms. The van der Waals surface area contributed by atoms with Crippen molar-refractivity contribution in [2.24, 2.45) is 40.4 Å². The summed E-state index contributed by atoms with van der Waals surface area (Å²) >= 11 is 0. The summed E-state index contributed by atoms with van der Waals surface area (Å²) in [6.07, 6.45) is 12.2. The van der Waals surface area contributed by atoms with Gasteiger partial charge in [0.25, 0.3) is 0 Å². The molecule has 1 saturated heterocycles. The number of carboxylic acids is 1. The average molecular weight is 448 g/mol. The summed E-state index contributed by atoms with van der Waals surface area (Å²) in [5.74, 6) is 1.33. The van der Waals surface area contributed by atoms with Crippen LogP contribution >= 0.6 is 0 Å². The van der Waals surface area contributed by atoms with E-state index in [2.05, 4.69) is 6.92 Å². The van der Waals surface area contributed by atoms with Crippen LogP contribution in [-0.2, 0) is 9.53 Å². The minimum Gasteiger partial charge on any atom is -0.481 e. The van der Waals surface area contributed by atoms with Crippen LogP contribution < -0.4 is 0 Å². The van der Waals surface area contributed by atoms with E-state index in [9.17, 15) is 19.8 Å². The molecular weight excluding hydrogens is 406 g/mol. The van der Waals surface area contributed by atoms with Gasteiger partial charge in [-0.3, -0.25) is 4.79 Å². The molecule has 1 heterocycles. The highest BCUT2D eigenvalue weighted by Gasteiger charge is 2.63. The molecule has 5 fully saturated rings. The molecule has 8 atom stereocenters. The number of carbonyl (C=O) groups excluding carboxylic acids is 1. The fourth-order valence-electron chi connectivity index (χ4n) is 9.16. The van der Waals surface area contributed by atoms with Crippen LogP contribution in [0.25, 0.3) is 0 Å². The smallest absolute Gasteiger partial charge is 0.409 e. The summed E-state index contributed by atoms with van der Waals surface area (Å²) in [6, 6.07) is 0. The lowest BCUT2D eigenvalue weighted by molar-refractivity contribution is -0.159. The summed E-state index contributed by atoms with van der Waals surface area (Å²) in [4.78, 5) is 26.7. The van der Waals surface area contributed by atoms with Gasteiger partial charge in [0.1, 0.15) is 0 Å². The number of aliphatic carboxylic acids is 1. The number of amides is 1. The number of piperidine rings is 1. The van der Waals surface area contributed by atoms with Crippen molar-refractivity contribution in [1.82, 2.24) is 4.90 Å². The average Bonchev–Trinajstić information content (AvgIpc) is 3.17. The Morgan fingerprint density at radius 1 is 0.969 bits per heavy atom. The van der Waals surface area contributed by atoms with Gasteiger partial charge in [0.2, 0.25) is 0 Å². The molecule has 0 aromatic rings. The summed E-state index contributed by atoms with van der Waals surface area (Å²) in [7, 11) is 0. The molecule has 5 aliphatic rings. The number of aliphatic hydroxyl groups is 1. The third-order valence-corrected chi connectivity index (χ3v) is 10.7. The molecule has 6 heteroatoms. The van der Waals surface area contributed by atoms with Crippen molar-refractivity contribution < 1.29 is 24.5 Å². The van der Waals surface area contributed by atoms with Crippen molar-refractivity contribution >= 4 is 12.1 Å². The van der Waals surface area contributed by atoms with E-state index in [1.807, 2.05) is 0 Å². The molecule has 1 aliphatic heterocycles. The Labute approximate surface area is 192 Å². The van der Waals surface area contributed by atoms with Crippen LogP contribution in [0.1, 0.15) is 84.0 Å². The monoisotopic (exact) mass is 447 g/mol. The van der Waals surface area contributed by atoms with Gasteiger partial charge in [-0.25, -0.2) is 4.79 Å². The number of fused-ring (bicyclic) bond motifs is 5. The third-order valence-electron chi connectivity index (χ3n) is 10.7. The van der Waals surface area contributed by atoms with Crippen molar-refractivity contribution in [3.63, 3.8) is 0 Å².